The topological polar surface area (TPSA) is 38.1 Å². The van der Waals surface area contributed by atoms with Crippen LogP contribution in [0.5, 0.6) is 0 Å². The van der Waals surface area contributed by atoms with Crippen molar-refractivity contribution in [1.29, 1.82) is 0 Å². The van der Waals surface area contributed by atoms with Crippen molar-refractivity contribution in [2.24, 2.45) is 10.8 Å². The number of hydrogen-bond acceptors (Lipinski definition) is 2. The molecule has 0 N–H and O–H groups in total. The van der Waals surface area contributed by atoms with E-state index in [1.165, 1.54) is 47.6 Å². The third kappa shape index (κ3) is 2.67. The van der Waals surface area contributed by atoms with E-state index in [0.717, 1.165) is 23.3 Å². The second kappa shape index (κ2) is 6.56. The average Bonchev–Trinajstić information content (AvgIpc) is 3.44. The van der Waals surface area contributed by atoms with Gasteiger partial charge >= 0.3 is 0 Å². The Bertz CT molecular complexity index is 1350. The molecule has 4 nitrogen and oxygen atoms in total. The van der Waals surface area contributed by atoms with Gasteiger partial charge in [-0.15, -0.1) is 0 Å². The van der Waals surface area contributed by atoms with Gasteiger partial charge in [-0.05, 0) is 58.9 Å². The Morgan fingerprint density at radius 1 is 1.00 bits per heavy atom. The van der Waals surface area contributed by atoms with Crippen LogP contribution >= 0.6 is 0 Å². The first-order valence-corrected chi connectivity index (χ1v) is 13.1. The zero-order valence-corrected chi connectivity index (χ0v) is 21.1. The van der Waals surface area contributed by atoms with Gasteiger partial charge in [-0.1, -0.05) is 64.0 Å². The number of rotatable bonds is 2. The van der Waals surface area contributed by atoms with Crippen LogP contribution in [0.25, 0.3) is 11.0 Å². The van der Waals surface area contributed by atoms with Crippen molar-refractivity contribution in [2.45, 2.75) is 77.6 Å². The van der Waals surface area contributed by atoms with Crippen molar-refractivity contribution >= 4 is 29.1 Å². The summed E-state index contributed by atoms with van der Waals surface area (Å²) in [6.07, 6.45) is 5.87. The van der Waals surface area contributed by atoms with E-state index < -0.39 is 0 Å². The Labute approximate surface area is 202 Å². The quantitative estimate of drug-likeness (QED) is 0.462. The lowest BCUT2D eigenvalue weighted by molar-refractivity contribution is 0.0734. The smallest absolute Gasteiger partial charge is 0.254 e. The van der Waals surface area contributed by atoms with E-state index in [1.54, 1.807) is 0 Å². The molecule has 1 amide bonds. The van der Waals surface area contributed by atoms with Gasteiger partial charge in [-0.3, -0.25) is 4.79 Å². The van der Waals surface area contributed by atoms with Crippen LogP contribution in [-0.2, 0) is 0 Å². The minimum Gasteiger partial charge on any atom is -0.331 e. The summed E-state index contributed by atoms with van der Waals surface area (Å²) in [6, 6.07) is 13.6. The zero-order valence-electron chi connectivity index (χ0n) is 21.1. The van der Waals surface area contributed by atoms with E-state index in [9.17, 15) is 4.79 Å². The largest absolute Gasteiger partial charge is 0.331 e. The third-order valence-corrected chi connectivity index (χ3v) is 10.1. The molecule has 0 spiro atoms. The number of amides is 1. The van der Waals surface area contributed by atoms with E-state index >= 15 is 0 Å². The van der Waals surface area contributed by atoms with Crippen molar-refractivity contribution in [1.82, 2.24) is 14.5 Å². The molecule has 3 aliphatic heterocycles. The number of imidazole rings is 1. The summed E-state index contributed by atoms with van der Waals surface area (Å²) in [5, 5.41) is 0. The minimum atomic E-state index is 0.0390. The van der Waals surface area contributed by atoms with Crippen molar-refractivity contribution in [3.05, 3.63) is 58.9 Å². The first-order valence-electron chi connectivity index (χ1n) is 13.1. The molecule has 1 aliphatic carbocycles. The monoisotopic (exact) mass is 451 g/mol. The number of fused-ring (bicyclic) bond motifs is 9. The van der Waals surface area contributed by atoms with Gasteiger partial charge < -0.3 is 9.47 Å². The Morgan fingerprint density at radius 2 is 1.74 bits per heavy atom. The van der Waals surface area contributed by atoms with Gasteiger partial charge in [0.25, 0.3) is 5.91 Å². The molecule has 1 saturated heterocycles. The fourth-order valence-electron chi connectivity index (χ4n) is 7.26. The molecule has 7 rings (SSSR count). The van der Waals surface area contributed by atoms with Crippen LogP contribution in [0.1, 0.15) is 92.3 Å². The first-order chi connectivity index (χ1) is 16.2. The maximum absolute atomic E-state index is 13.5. The van der Waals surface area contributed by atoms with Crippen molar-refractivity contribution in [3.63, 3.8) is 0 Å². The standard InChI is InChI=1S/C29H34BN3O/c1-28(2)15-30(16-29(28,3)4)18-11-12-21-22(13-18)33-23-14-24(26(33)31-21)32(5)27(34)20-8-6-7-19(25(20)23)17-9-10-17/h6-8,11-13,17,23-24H,9-10,14-16H2,1-5H3/t23-,24-/m1/s1. The lowest BCUT2D eigenvalue weighted by Crippen LogP contribution is -2.30. The summed E-state index contributed by atoms with van der Waals surface area (Å²) in [5.74, 6) is 1.83. The normalized spacial score (nSPS) is 26.7. The summed E-state index contributed by atoms with van der Waals surface area (Å²) in [7, 11) is 1.96. The molecule has 2 aromatic carbocycles. The Kier molecular flexibility index (Phi) is 4.01. The third-order valence-electron chi connectivity index (χ3n) is 10.1. The molecule has 1 aromatic heterocycles. The molecule has 4 heterocycles. The van der Waals surface area contributed by atoms with Crippen LogP contribution in [0, 0.1) is 10.8 Å². The highest BCUT2D eigenvalue weighted by molar-refractivity contribution is 6.74. The second-order valence-corrected chi connectivity index (χ2v) is 12.7. The van der Waals surface area contributed by atoms with Gasteiger partial charge in [0.15, 0.2) is 6.71 Å². The maximum atomic E-state index is 13.5. The van der Waals surface area contributed by atoms with Crippen LogP contribution in [0.15, 0.2) is 36.4 Å². The molecule has 174 valence electrons. The maximum Gasteiger partial charge on any atom is 0.254 e. The molecular weight excluding hydrogens is 417 g/mol. The molecule has 1 saturated carbocycles. The van der Waals surface area contributed by atoms with Crippen LogP contribution in [0.3, 0.4) is 0 Å². The van der Waals surface area contributed by atoms with E-state index in [-0.39, 0.29) is 18.0 Å². The molecule has 0 radical (unpaired) electrons. The van der Waals surface area contributed by atoms with Crippen molar-refractivity contribution in [2.75, 3.05) is 7.05 Å². The molecule has 5 heteroatoms. The number of carbonyl (C=O) groups excluding carboxylic acids is 1. The Balaban J connectivity index is 1.41. The van der Waals surface area contributed by atoms with Crippen LogP contribution in [0.4, 0.5) is 0 Å². The highest BCUT2D eigenvalue weighted by atomic mass is 16.2. The van der Waals surface area contributed by atoms with Crippen LogP contribution in [-0.4, -0.2) is 34.1 Å². The van der Waals surface area contributed by atoms with Gasteiger partial charge in [0, 0.05) is 19.0 Å². The summed E-state index contributed by atoms with van der Waals surface area (Å²) in [6.45, 7) is 10.3. The minimum absolute atomic E-state index is 0.0390. The molecule has 0 unspecified atom stereocenters. The fraction of sp³-hybridized carbons (Fsp3) is 0.517. The lowest BCUT2D eigenvalue weighted by atomic mass is 9.42. The van der Waals surface area contributed by atoms with E-state index in [1.807, 2.05) is 18.0 Å². The number of nitrogens with zero attached hydrogens (tertiary/aromatic N) is 3. The molecule has 2 fully saturated rings. The van der Waals surface area contributed by atoms with Gasteiger partial charge in [0.05, 0.1) is 23.1 Å². The fourth-order valence-corrected chi connectivity index (χ4v) is 7.26. The van der Waals surface area contributed by atoms with Gasteiger partial charge in [-0.2, -0.15) is 0 Å². The molecular formula is C29H34BN3O. The van der Waals surface area contributed by atoms with Crippen molar-refractivity contribution < 1.29 is 4.79 Å². The van der Waals surface area contributed by atoms with Crippen LogP contribution in [0.2, 0.25) is 12.6 Å². The molecule has 4 aliphatic rings. The second-order valence-electron chi connectivity index (χ2n) is 12.7. The predicted molar refractivity (Wildman–Crippen MR) is 138 cm³/mol. The number of hydrogen-bond donors (Lipinski definition) is 0. The first kappa shape index (κ1) is 20.8. The molecule has 2 bridgehead atoms. The summed E-state index contributed by atoms with van der Waals surface area (Å²) in [5.41, 5.74) is 8.02. The SMILES string of the molecule is CN1C(=O)c2cccc(C3CC3)c2[C@H]2C[C@@H]1c1nc3ccc(B4CC(C)(C)C(C)(C)C4)cc3n12. The molecule has 2 atom stereocenters. The highest BCUT2D eigenvalue weighted by Gasteiger charge is 2.49. The number of aromatic nitrogens is 2. The van der Waals surface area contributed by atoms with Crippen molar-refractivity contribution in [3.8, 4) is 0 Å². The zero-order chi connectivity index (χ0) is 23.6. The van der Waals surface area contributed by atoms with E-state index in [4.69, 9.17) is 4.98 Å². The summed E-state index contributed by atoms with van der Waals surface area (Å²) in [4.78, 5) is 20.6. The van der Waals surface area contributed by atoms with Crippen LogP contribution < -0.4 is 5.46 Å². The number of carbonyl (C=O) groups is 1. The van der Waals surface area contributed by atoms with Gasteiger partial charge in [0.1, 0.15) is 5.82 Å². The Hall–Kier alpha value is -2.56. The average molecular weight is 451 g/mol. The highest BCUT2D eigenvalue weighted by Crippen LogP contribution is 2.54. The Morgan fingerprint density at radius 3 is 2.44 bits per heavy atom. The van der Waals surface area contributed by atoms with E-state index in [0.29, 0.717) is 23.5 Å². The van der Waals surface area contributed by atoms with Gasteiger partial charge in [0.2, 0.25) is 0 Å². The van der Waals surface area contributed by atoms with Gasteiger partial charge in [-0.25, -0.2) is 4.98 Å². The predicted octanol–water partition coefficient (Wildman–Crippen LogP) is 5.80. The lowest BCUT2D eigenvalue weighted by Gasteiger charge is -2.35. The molecule has 3 aromatic rings. The number of benzene rings is 2. The summed E-state index contributed by atoms with van der Waals surface area (Å²) < 4.78 is 2.50. The summed E-state index contributed by atoms with van der Waals surface area (Å²) >= 11 is 0. The van der Waals surface area contributed by atoms with E-state index in [2.05, 4.69) is 62.6 Å². The molecule has 34 heavy (non-hydrogen) atoms.